The number of fused-ring (bicyclic) bond motifs is 1. The van der Waals surface area contributed by atoms with Gasteiger partial charge in [-0.3, -0.25) is 4.79 Å². The molecule has 0 fully saturated rings. The molecule has 1 heterocycles. The zero-order chi connectivity index (χ0) is 22.7. The maximum Gasteiger partial charge on any atom is 0.341 e. The maximum absolute atomic E-state index is 13.0. The number of esters is 1. The molecule has 1 amide bonds. The largest absolute Gasteiger partial charge is 0.465 e. The van der Waals surface area contributed by atoms with Crippen molar-refractivity contribution in [2.45, 2.75) is 36.3 Å². The highest BCUT2D eigenvalue weighted by Crippen LogP contribution is 2.38. The summed E-state index contributed by atoms with van der Waals surface area (Å²) >= 11 is 1.41. The minimum absolute atomic E-state index is 0.209. The molecule has 0 aliphatic heterocycles. The van der Waals surface area contributed by atoms with E-state index < -0.39 is 21.7 Å². The highest BCUT2D eigenvalue weighted by atomic mass is 32.2. The molecule has 4 rings (SSSR count). The molecule has 32 heavy (non-hydrogen) atoms. The van der Waals surface area contributed by atoms with Gasteiger partial charge in [0.25, 0.3) is 5.91 Å². The average Bonchev–Trinajstić information content (AvgIpc) is 3.16. The van der Waals surface area contributed by atoms with Gasteiger partial charge in [-0.15, -0.1) is 11.3 Å². The van der Waals surface area contributed by atoms with E-state index in [-0.39, 0.29) is 10.6 Å². The number of carbonyl (C=O) groups excluding carboxylic acids is 2. The molecule has 1 N–H and O–H groups in total. The van der Waals surface area contributed by atoms with Crippen molar-refractivity contribution >= 4 is 38.1 Å². The lowest BCUT2D eigenvalue weighted by atomic mass is 9.95. The lowest BCUT2D eigenvalue weighted by Gasteiger charge is -2.12. The summed E-state index contributed by atoms with van der Waals surface area (Å²) < 4.78 is 30.3. The number of thiophene rings is 1. The van der Waals surface area contributed by atoms with Gasteiger partial charge in [0, 0.05) is 10.4 Å². The lowest BCUT2D eigenvalue weighted by molar-refractivity contribution is 0.0601. The molecule has 0 unspecified atom stereocenters. The summed E-state index contributed by atoms with van der Waals surface area (Å²) in [7, 11) is -2.20. The Labute approximate surface area is 191 Å². The normalized spacial score (nSPS) is 13.3. The number of aryl methyl sites for hydroxylation is 1. The standard InChI is InChI=1S/C24H23NO5S2/c1-30-24(27)21-19-12-5-6-13-20(19)31-23(21)25-22(26)17-9-7-8-16(14-17)15-32(28,29)18-10-3-2-4-11-18/h2-4,7-11,14H,5-6,12-13,15H2,1H3,(H,25,26). The fourth-order valence-corrected chi connectivity index (χ4v) is 6.51. The molecular formula is C24H23NO5S2. The third-order valence-corrected chi connectivity index (χ3v) is 8.35. The number of methoxy groups -OCH3 is 1. The van der Waals surface area contributed by atoms with Crippen molar-refractivity contribution in [2.75, 3.05) is 12.4 Å². The molecular weight excluding hydrogens is 446 g/mol. The van der Waals surface area contributed by atoms with E-state index in [1.807, 2.05) is 0 Å². The fraction of sp³-hybridized carbons (Fsp3) is 0.250. The molecule has 0 spiro atoms. The average molecular weight is 470 g/mol. The molecule has 0 atom stereocenters. The van der Waals surface area contributed by atoms with Gasteiger partial charge in [0.2, 0.25) is 0 Å². The third kappa shape index (κ3) is 4.61. The Bertz CT molecular complexity index is 1260. The van der Waals surface area contributed by atoms with Gasteiger partial charge >= 0.3 is 5.97 Å². The zero-order valence-corrected chi connectivity index (χ0v) is 19.2. The topological polar surface area (TPSA) is 89.5 Å². The van der Waals surface area contributed by atoms with Crippen LogP contribution in [0.25, 0.3) is 0 Å². The third-order valence-electron chi connectivity index (χ3n) is 5.44. The number of anilines is 1. The van der Waals surface area contributed by atoms with Crippen molar-refractivity contribution in [3.8, 4) is 0 Å². The highest BCUT2D eigenvalue weighted by molar-refractivity contribution is 7.90. The second-order valence-electron chi connectivity index (χ2n) is 7.63. The maximum atomic E-state index is 13.0. The first kappa shape index (κ1) is 22.2. The van der Waals surface area contributed by atoms with Gasteiger partial charge in [0.15, 0.2) is 9.84 Å². The molecule has 1 aromatic heterocycles. The number of rotatable bonds is 6. The van der Waals surface area contributed by atoms with Crippen molar-refractivity contribution in [2.24, 2.45) is 0 Å². The van der Waals surface area contributed by atoms with E-state index in [1.165, 1.54) is 18.4 Å². The van der Waals surface area contributed by atoms with Crippen molar-refractivity contribution < 1.29 is 22.7 Å². The Hall–Kier alpha value is -2.97. The summed E-state index contributed by atoms with van der Waals surface area (Å²) in [4.78, 5) is 26.7. The lowest BCUT2D eigenvalue weighted by Crippen LogP contribution is -2.15. The Balaban J connectivity index is 1.58. The van der Waals surface area contributed by atoms with Crippen LogP contribution in [0, 0.1) is 0 Å². The van der Waals surface area contributed by atoms with Gasteiger partial charge < -0.3 is 10.1 Å². The predicted octanol–water partition coefficient (Wildman–Crippen LogP) is 4.64. The molecule has 0 saturated carbocycles. The van der Waals surface area contributed by atoms with Crippen LogP contribution in [-0.2, 0) is 33.2 Å². The highest BCUT2D eigenvalue weighted by Gasteiger charge is 2.27. The molecule has 1 aliphatic rings. The number of nitrogens with one attached hydrogen (secondary N) is 1. The van der Waals surface area contributed by atoms with Crippen LogP contribution in [0.4, 0.5) is 5.00 Å². The van der Waals surface area contributed by atoms with Gasteiger partial charge in [0.1, 0.15) is 5.00 Å². The smallest absolute Gasteiger partial charge is 0.341 e. The van der Waals surface area contributed by atoms with Gasteiger partial charge in [-0.25, -0.2) is 13.2 Å². The van der Waals surface area contributed by atoms with Crippen LogP contribution in [0.15, 0.2) is 59.5 Å². The molecule has 1 aliphatic carbocycles. The molecule has 0 radical (unpaired) electrons. The number of carbonyl (C=O) groups is 2. The van der Waals surface area contributed by atoms with E-state index in [0.717, 1.165) is 36.1 Å². The quantitative estimate of drug-likeness (QED) is 0.531. The first-order valence-electron chi connectivity index (χ1n) is 10.3. The number of sulfone groups is 1. The van der Waals surface area contributed by atoms with Crippen molar-refractivity contribution in [1.29, 1.82) is 0 Å². The Morgan fingerprint density at radius 2 is 1.78 bits per heavy atom. The zero-order valence-electron chi connectivity index (χ0n) is 17.6. The van der Waals surface area contributed by atoms with Crippen LogP contribution in [0.5, 0.6) is 0 Å². The van der Waals surface area contributed by atoms with E-state index in [1.54, 1.807) is 54.6 Å². The molecule has 0 bridgehead atoms. The SMILES string of the molecule is COC(=O)c1c(NC(=O)c2cccc(CS(=O)(=O)c3ccccc3)c2)sc2c1CCCC2. The van der Waals surface area contributed by atoms with Gasteiger partial charge in [-0.2, -0.15) is 0 Å². The predicted molar refractivity (Wildman–Crippen MR) is 124 cm³/mol. The molecule has 8 heteroatoms. The second-order valence-corrected chi connectivity index (χ2v) is 10.7. The number of hydrogen-bond acceptors (Lipinski definition) is 6. The van der Waals surface area contributed by atoms with Crippen LogP contribution in [0.2, 0.25) is 0 Å². The summed E-state index contributed by atoms with van der Waals surface area (Å²) in [5, 5.41) is 3.33. The van der Waals surface area contributed by atoms with Crippen molar-refractivity contribution in [3.63, 3.8) is 0 Å². The molecule has 2 aromatic carbocycles. The van der Waals surface area contributed by atoms with E-state index in [9.17, 15) is 18.0 Å². The number of hydrogen-bond donors (Lipinski definition) is 1. The van der Waals surface area contributed by atoms with Crippen LogP contribution in [-0.4, -0.2) is 27.4 Å². The van der Waals surface area contributed by atoms with Crippen molar-refractivity contribution in [3.05, 3.63) is 81.7 Å². The molecule has 6 nitrogen and oxygen atoms in total. The van der Waals surface area contributed by atoms with Crippen molar-refractivity contribution in [1.82, 2.24) is 0 Å². The Morgan fingerprint density at radius 1 is 1.03 bits per heavy atom. The summed E-state index contributed by atoms with van der Waals surface area (Å²) in [6.45, 7) is 0. The minimum Gasteiger partial charge on any atom is -0.465 e. The van der Waals surface area contributed by atoms with Crippen LogP contribution >= 0.6 is 11.3 Å². The summed E-state index contributed by atoms with van der Waals surface area (Å²) in [6, 6.07) is 14.8. The Kier molecular flexibility index (Phi) is 6.43. The van der Waals surface area contributed by atoms with Gasteiger partial charge in [0.05, 0.1) is 23.3 Å². The molecule has 0 saturated heterocycles. The van der Waals surface area contributed by atoms with Gasteiger partial charge in [-0.1, -0.05) is 30.3 Å². The van der Waals surface area contributed by atoms with E-state index >= 15 is 0 Å². The number of amides is 1. The summed E-state index contributed by atoms with van der Waals surface area (Å²) in [6.07, 6.45) is 3.73. The van der Waals surface area contributed by atoms with Gasteiger partial charge in [-0.05, 0) is 61.1 Å². The molecule has 3 aromatic rings. The van der Waals surface area contributed by atoms with E-state index in [4.69, 9.17) is 4.74 Å². The number of benzene rings is 2. The monoisotopic (exact) mass is 469 g/mol. The summed E-state index contributed by atoms with van der Waals surface area (Å²) in [5.74, 6) is -1.06. The van der Waals surface area contributed by atoms with E-state index in [2.05, 4.69) is 5.32 Å². The first-order chi connectivity index (χ1) is 15.4. The Morgan fingerprint density at radius 3 is 2.53 bits per heavy atom. The first-order valence-corrected chi connectivity index (χ1v) is 12.8. The minimum atomic E-state index is -3.53. The second kappa shape index (κ2) is 9.26. The fourth-order valence-electron chi connectivity index (χ4n) is 3.88. The van der Waals surface area contributed by atoms with Crippen LogP contribution in [0.3, 0.4) is 0 Å². The summed E-state index contributed by atoms with van der Waals surface area (Å²) in [5.41, 5.74) is 2.24. The van der Waals surface area contributed by atoms with E-state index in [0.29, 0.717) is 21.7 Å². The molecule has 166 valence electrons. The van der Waals surface area contributed by atoms with Crippen LogP contribution < -0.4 is 5.32 Å². The number of ether oxygens (including phenoxy) is 1. The van der Waals surface area contributed by atoms with Crippen LogP contribution in [0.1, 0.15) is 49.6 Å².